The lowest BCUT2D eigenvalue weighted by atomic mass is 9.97. The number of aromatic nitrogens is 3. The Morgan fingerprint density at radius 1 is 0.564 bits per heavy atom. The number of benzene rings is 6. The van der Waals surface area contributed by atoms with Crippen LogP contribution in [-0.4, -0.2) is 14.5 Å². The van der Waals surface area contributed by atoms with Gasteiger partial charge in [-0.1, -0.05) is 109 Å². The second-order valence-corrected chi connectivity index (χ2v) is 16.8. The first kappa shape index (κ1) is 31.2. The highest BCUT2D eigenvalue weighted by molar-refractivity contribution is 7.26. The molecule has 0 saturated carbocycles. The summed E-state index contributed by atoms with van der Waals surface area (Å²) in [5, 5.41) is 7.56. The van der Waals surface area contributed by atoms with Crippen molar-refractivity contribution in [2.24, 2.45) is 0 Å². The van der Waals surface area contributed by atoms with E-state index in [0.717, 1.165) is 53.3 Å². The van der Waals surface area contributed by atoms with Gasteiger partial charge < -0.3 is 0 Å². The summed E-state index contributed by atoms with van der Waals surface area (Å²) >= 11 is 3.83. The molecule has 0 spiro atoms. The summed E-state index contributed by atoms with van der Waals surface area (Å²) in [5.74, 6) is 0.712. The molecule has 0 fully saturated rings. The summed E-state index contributed by atoms with van der Waals surface area (Å²) in [6, 6.07) is 44.7. The van der Waals surface area contributed by atoms with Gasteiger partial charge in [0.05, 0.1) is 22.2 Å². The van der Waals surface area contributed by atoms with Crippen LogP contribution in [-0.2, 0) is 6.42 Å². The Hall–Kier alpha value is -6.14. The summed E-state index contributed by atoms with van der Waals surface area (Å²) in [7, 11) is 0. The molecule has 5 heteroatoms. The number of thiophene rings is 2. The predicted molar refractivity (Wildman–Crippen MR) is 237 cm³/mol. The number of nitrogens with zero attached hydrogens (tertiary/aromatic N) is 3. The first-order valence-corrected chi connectivity index (χ1v) is 20.7. The molecule has 0 aliphatic heterocycles. The highest BCUT2D eigenvalue weighted by atomic mass is 32.1. The first-order valence-electron chi connectivity index (χ1n) is 19.1. The number of aryl methyl sites for hydroxylation is 1. The molecule has 12 rings (SSSR count). The standard InChI is InChI=1S/C50H33N3S2/c1-3-12-30(13-4-1)32-23-27-45-39(28-32)37-24-26-43-46(49(37)55-45)40-29-33(34-18-11-19-36-35-16-8-10-21-44(35)54-48(34)36)22-25-42(40)53(43)50-51-41-20-9-7-17-38(41)47(52-50)31-14-5-2-6-15-31/h1-5,7,9-14,17-29H,6,8,15-16H2. The van der Waals surface area contributed by atoms with Crippen molar-refractivity contribution in [2.45, 2.75) is 25.7 Å². The van der Waals surface area contributed by atoms with E-state index < -0.39 is 0 Å². The zero-order valence-corrected chi connectivity index (χ0v) is 31.6. The van der Waals surface area contributed by atoms with Crippen molar-refractivity contribution in [2.75, 3.05) is 0 Å². The Labute approximate surface area is 325 Å². The molecule has 0 unspecified atom stereocenters. The van der Waals surface area contributed by atoms with E-state index in [2.05, 4.69) is 156 Å². The average molecular weight is 740 g/mol. The van der Waals surface area contributed by atoms with Gasteiger partial charge in [-0.3, -0.25) is 4.57 Å². The lowest BCUT2D eigenvalue weighted by Gasteiger charge is -2.14. The lowest BCUT2D eigenvalue weighted by Crippen LogP contribution is -2.05. The summed E-state index contributed by atoms with van der Waals surface area (Å²) in [6.45, 7) is 0. The lowest BCUT2D eigenvalue weighted by molar-refractivity contribution is 0.983. The number of para-hydroxylation sites is 1. The van der Waals surface area contributed by atoms with Crippen LogP contribution in [0.3, 0.4) is 0 Å². The maximum absolute atomic E-state index is 5.44. The Morgan fingerprint density at radius 3 is 2.33 bits per heavy atom. The number of rotatable bonds is 4. The Balaban J connectivity index is 1.16. The molecule has 0 N–H and O–H groups in total. The van der Waals surface area contributed by atoms with E-state index in [1.165, 1.54) is 79.3 Å². The van der Waals surface area contributed by atoms with E-state index in [1.807, 2.05) is 22.7 Å². The molecule has 0 saturated heterocycles. The maximum atomic E-state index is 5.44. The molecule has 2 aliphatic rings. The monoisotopic (exact) mass is 739 g/mol. The second kappa shape index (κ2) is 12.2. The minimum absolute atomic E-state index is 0.712. The van der Waals surface area contributed by atoms with Crippen molar-refractivity contribution in [3.8, 4) is 28.2 Å². The second-order valence-electron chi connectivity index (χ2n) is 14.7. The van der Waals surface area contributed by atoms with Crippen LogP contribution >= 0.6 is 22.7 Å². The van der Waals surface area contributed by atoms with Gasteiger partial charge in [-0.2, -0.15) is 0 Å². The van der Waals surface area contributed by atoms with Gasteiger partial charge in [0.15, 0.2) is 0 Å². The number of allylic oxidation sites excluding steroid dienone is 5. The molecule has 6 aromatic carbocycles. The van der Waals surface area contributed by atoms with Crippen LogP contribution in [0, 0.1) is 0 Å². The van der Waals surface area contributed by atoms with Gasteiger partial charge in [0.2, 0.25) is 5.95 Å². The van der Waals surface area contributed by atoms with Crippen LogP contribution in [0.2, 0.25) is 0 Å². The van der Waals surface area contributed by atoms with Gasteiger partial charge in [0.25, 0.3) is 0 Å². The molecule has 3 nitrogen and oxygen atoms in total. The minimum Gasteiger partial charge on any atom is -0.278 e. The fourth-order valence-corrected chi connectivity index (χ4v) is 11.5. The fourth-order valence-electron chi connectivity index (χ4n) is 8.97. The Bertz CT molecular complexity index is 3320. The zero-order valence-electron chi connectivity index (χ0n) is 29.9. The summed E-state index contributed by atoms with van der Waals surface area (Å²) in [4.78, 5) is 12.2. The summed E-state index contributed by atoms with van der Waals surface area (Å²) in [5.41, 5.74) is 12.0. The van der Waals surface area contributed by atoms with Crippen molar-refractivity contribution < 1.29 is 0 Å². The van der Waals surface area contributed by atoms with Crippen LogP contribution < -0.4 is 0 Å². The average Bonchev–Trinajstić information content (AvgIpc) is 3.93. The summed E-state index contributed by atoms with van der Waals surface area (Å²) in [6.07, 6.45) is 15.5. The van der Waals surface area contributed by atoms with Crippen LogP contribution in [0.25, 0.3) is 103 Å². The van der Waals surface area contributed by atoms with Gasteiger partial charge in [-0.15, -0.1) is 22.7 Å². The largest absolute Gasteiger partial charge is 0.278 e. The van der Waals surface area contributed by atoms with Crippen molar-refractivity contribution >= 4 is 97.3 Å². The third kappa shape index (κ3) is 4.80. The van der Waals surface area contributed by atoms with Gasteiger partial charge in [0, 0.05) is 45.9 Å². The first-order chi connectivity index (χ1) is 27.3. The number of hydrogen-bond donors (Lipinski definition) is 0. The fraction of sp³-hybridized carbons (Fsp3) is 0.0800. The minimum atomic E-state index is 0.712. The highest BCUT2D eigenvalue weighted by Gasteiger charge is 2.23. The van der Waals surface area contributed by atoms with Gasteiger partial charge in [-0.25, -0.2) is 9.97 Å². The van der Waals surface area contributed by atoms with Crippen LogP contribution in [0.5, 0.6) is 0 Å². The van der Waals surface area contributed by atoms with E-state index in [1.54, 1.807) is 0 Å². The van der Waals surface area contributed by atoms with Crippen LogP contribution in [0.1, 0.15) is 35.4 Å². The molecule has 0 radical (unpaired) electrons. The quantitative estimate of drug-likeness (QED) is 0.180. The van der Waals surface area contributed by atoms with E-state index in [9.17, 15) is 0 Å². The molecule has 4 heterocycles. The SMILES string of the molecule is C1=CCCC(c2nc(-n3c4ccc(-c5cccc6c7c(sc56)C=CCC7)cc4c4c5sc6ccc(-c7ccccc7)cc6c5ccc43)nc3ccccc23)=C1. The normalized spacial score (nSPS) is 14.2. The van der Waals surface area contributed by atoms with Crippen molar-refractivity contribution in [1.29, 1.82) is 0 Å². The molecule has 2 aliphatic carbocycles. The Kier molecular flexibility index (Phi) is 6.92. The van der Waals surface area contributed by atoms with Crippen LogP contribution in [0.15, 0.2) is 146 Å². The van der Waals surface area contributed by atoms with E-state index in [0.29, 0.717) is 5.95 Å². The maximum Gasteiger partial charge on any atom is 0.235 e. The van der Waals surface area contributed by atoms with Crippen molar-refractivity contribution in [1.82, 2.24) is 14.5 Å². The van der Waals surface area contributed by atoms with Crippen molar-refractivity contribution in [3.05, 3.63) is 162 Å². The third-order valence-corrected chi connectivity index (χ3v) is 14.0. The number of hydrogen-bond acceptors (Lipinski definition) is 4. The molecule has 4 aromatic heterocycles. The van der Waals surface area contributed by atoms with Gasteiger partial charge in [0.1, 0.15) is 0 Å². The molecule has 0 bridgehead atoms. The molecular weight excluding hydrogens is 707 g/mol. The van der Waals surface area contributed by atoms with E-state index >= 15 is 0 Å². The predicted octanol–water partition coefficient (Wildman–Crippen LogP) is 14.3. The molecule has 55 heavy (non-hydrogen) atoms. The molecule has 0 amide bonds. The van der Waals surface area contributed by atoms with Gasteiger partial charge >= 0.3 is 0 Å². The summed E-state index contributed by atoms with van der Waals surface area (Å²) < 4.78 is 6.29. The van der Waals surface area contributed by atoms with Gasteiger partial charge in [-0.05, 0) is 107 Å². The van der Waals surface area contributed by atoms with E-state index in [4.69, 9.17) is 9.97 Å². The van der Waals surface area contributed by atoms with E-state index in [-0.39, 0.29) is 0 Å². The third-order valence-electron chi connectivity index (χ3n) is 11.6. The molecule has 10 aromatic rings. The molecular formula is C50H33N3S2. The molecule has 260 valence electrons. The van der Waals surface area contributed by atoms with Crippen LogP contribution in [0.4, 0.5) is 0 Å². The smallest absolute Gasteiger partial charge is 0.235 e. The zero-order chi connectivity index (χ0) is 36.0. The highest BCUT2D eigenvalue weighted by Crippen LogP contribution is 2.47. The molecule has 0 atom stereocenters. The topological polar surface area (TPSA) is 30.7 Å². The van der Waals surface area contributed by atoms with Crippen molar-refractivity contribution in [3.63, 3.8) is 0 Å². The Morgan fingerprint density at radius 2 is 1.40 bits per heavy atom. The number of fused-ring (bicyclic) bond motifs is 11.